The first kappa shape index (κ1) is 40.0. The summed E-state index contributed by atoms with van der Waals surface area (Å²) >= 11 is 0. The van der Waals surface area contributed by atoms with Gasteiger partial charge in [0.1, 0.15) is 6.29 Å². The quantitative estimate of drug-likeness (QED) is 0.0347. The molecule has 14 nitrogen and oxygen atoms in total. The van der Waals surface area contributed by atoms with E-state index in [0.29, 0.717) is 118 Å². The van der Waals surface area contributed by atoms with Gasteiger partial charge in [-0.25, -0.2) is 5.84 Å². The number of likely N-dealkylation sites (N-methyl/N-ethyl adjacent to an activating group) is 1. The third kappa shape index (κ3) is 30.4. The first-order valence-corrected chi connectivity index (χ1v) is 13.6. The molecule has 0 saturated carbocycles. The predicted molar refractivity (Wildman–Crippen MR) is 152 cm³/mol. The summed E-state index contributed by atoms with van der Waals surface area (Å²) in [5, 5.41) is 1.38. The summed E-state index contributed by atoms with van der Waals surface area (Å²) in [7, 11) is 1.57. The number of allylic oxidation sites excluding steroid dienone is 1. The molecule has 40 heavy (non-hydrogen) atoms. The number of aldehydes is 1. The highest BCUT2D eigenvalue weighted by Crippen LogP contribution is 1.94. The Morgan fingerprint density at radius 3 is 1.45 bits per heavy atom. The molecule has 236 valence electrons. The number of hydrogen-bond donors (Lipinski definition) is 3. The van der Waals surface area contributed by atoms with Crippen molar-refractivity contribution in [3.8, 4) is 0 Å². The standard InChI is InChI=1S/C24H47N5O9.C2H6/c1-28(24(31)3-2-6-30)21-23(26)22-29(27)5-8-33-10-12-35-14-16-37-18-20-38-19-17-36-15-13-34-11-9-32-7-4-25;1-2/h2-3,6,22H,4-5,7-21,25-27H2,1H3;1-2H3/b3-2-,23-22-;. The number of hydrazine groups is 1. The van der Waals surface area contributed by atoms with Gasteiger partial charge in [-0.3, -0.25) is 9.59 Å². The largest absolute Gasteiger partial charge is 0.399 e. The van der Waals surface area contributed by atoms with E-state index in [9.17, 15) is 9.59 Å². The minimum Gasteiger partial charge on any atom is -0.399 e. The van der Waals surface area contributed by atoms with Crippen LogP contribution in [0.5, 0.6) is 0 Å². The second-order valence-electron chi connectivity index (χ2n) is 7.71. The lowest BCUT2D eigenvalue weighted by Gasteiger charge is -2.18. The molecular weight excluding hydrogens is 526 g/mol. The molecule has 0 aliphatic carbocycles. The fraction of sp³-hybridized carbons (Fsp3) is 0.769. The summed E-state index contributed by atoms with van der Waals surface area (Å²) in [5.41, 5.74) is 11.6. The van der Waals surface area contributed by atoms with Crippen LogP contribution in [-0.4, -0.2) is 141 Å². The molecule has 0 fully saturated rings. The van der Waals surface area contributed by atoms with Gasteiger partial charge in [0, 0.05) is 31.6 Å². The Balaban J connectivity index is 0. The average molecular weight is 580 g/mol. The van der Waals surface area contributed by atoms with Gasteiger partial charge in [-0.1, -0.05) is 13.8 Å². The zero-order chi connectivity index (χ0) is 30.1. The average Bonchev–Trinajstić information content (AvgIpc) is 2.95. The number of hydrogen-bond acceptors (Lipinski definition) is 13. The van der Waals surface area contributed by atoms with E-state index in [1.165, 1.54) is 22.2 Å². The van der Waals surface area contributed by atoms with E-state index >= 15 is 0 Å². The van der Waals surface area contributed by atoms with Crippen molar-refractivity contribution in [2.45, 2.75) is 13.8 Å². The fourth-order valence-corrected chi connectivity index (χ4v) is 2.59. The van der Waals surface area contributed by atoms with Gasteiger partial charge >= 0.3 is 0 Å². The Bertz CT molecular complexity index is 627. The molecule has 0 radical (unpaired) electrons. The van der Waals surface area contributed by atoms with Crippen LogP contribution in [0.1, 0.15) is 13.8 Å². The van der Waals surface area contributed by atoms with E-state index in [0.717, 1.165) is 6.08 Å². The van der Waals surface area contributed by atoms with E-state index in [1.807, 2.05) is 13.8 Å². The van der Waals surface area contributed by atoms with Crippen molar-refractivity contribution >= 4 is 12.2 Å². The normalized spacial score (nSPS) is 11.4. The molecule has 0 atom stereocenters. The predicted octanol–water partition coefficient (Wildman–Crippen LogP) is -0.723. The van der Waals surface area contributed by atoms with E-state index in [-0.39, 0.29) is 12.5 Å². The lowest BCUT2D eigenvalue weighted by Crippen LogP contribution is -2.34. The number of carbonyl (C=O) groups is 2. The molecule has 6 N–H and O–H groups in total. The topological polar surface area (TPSA) is 183 Å². The van der Waals surface area contributed by atoms with Crippen molar-refractivity contribution in [3.63, 3.8) is 0 Å². The number of rotatable bonds is 28. The van der Waals surface area contributed by atoms with Gasteiger partial charge < -0.3 is 54.5 Å². The first-order chi connectivity index (χ1) is 19.5. The molecule has 0 aromatic rings. The van der Waals surface area contributed by atoms with Crippen molar-refractivity contribution in [2.75, 3.05) is 119 Å². The van der Waals surface area contributed by atoms with E-state index in [4.69, 9.17) is 50.5 Å². The Labute approximate surface area is 239 Å². The van der Waals surface area contributed by atoms with E-state index < -0.39 is 0 Å². The molecule has 0 rings (SSSR count). The van der Waals surface area contributed by atoms with E-state index in [1.54, 1.807) is 7.05 Å². The van der Waals surface area contributed by atoms with Gasteiger partial charge in [0.2, 0.25) is 5.91 Å². The summed E-state index contributed by atoms with van der Waals surface area (Å²) in [6.07, 6.45) is 4.35. The SMILES string of the molecule is CC.CN(C/C(N)=C/N(N)CCOCCOCCOCCOCCOCCOCCOCCN)C(=O)/C=C\C=O. The molecule has 0 heterocycles. The molecule has 0 aromatic heterocycles. The summed E-state index contributed by atoms with van der Waals surface area (Å²) in [6.45, 7) is 11.9. The molecule has 14 heteroatoms. The first-order valence-electron chi connectivity index (χ1n) is 13.6. The smallest absolute Gasteiger partial charge is 0.246 e. The molecule has 0 unspecified atom stereocenters. The Kier molecular flexibility index (Phi) is 33.1. The van der Waals surface area contributed by atoms with Crippen molar-refractivity contribution in [2.24, 2.45) is 17.3 Å². The molecule has 0 spiro atoms. The Morgan fingerprint density at radius 2 is 1.07 bits per heavy atom. The third-order valence-corrected chi connectivity index (χ3v) is 4.43. The highest BCUT2D eigenvalue weighted by atomic mass is 16.6. The monoisotopic (exact) mass is 579 g/mol. The lowest BCUT2D eigenvalue weighted by molar-refractivity contribution is -0.124. The molecule has 0 bridgehead atoms. The van der Waals surface area contributed by atoms with Crippen molar-refractivity contribution in [1.82, 2.24) is 9.91 Å². The zero-order valence-electron chi connectivity index (χ0n) is 24.6. The minimum absolute atomic E-state index is 0.177. The number of nitrogens with zero attached hydrogens (tertiary/aromatic N) is 2. The summed E-state index contributed by atoms with van der Waals surface area (Å²) in [6, 6.07) is 0. The van der Waals surface area contributed by atoms with Gasteiger partial charge in [0.05, 0.1) is 106 Å². The highest BCUT2D eigenvalue weighted by molar-refractivity contribution is 5.90. The fourth-order valence-electron chi connectivity index (χ4n) is 2.59. The van der Waals surface area contributed by atoms with Crippen molar-refractivity contribution in [3.05, 3.63) is 24.0 Å². The highest BCUT2D eigenvalue weighted by Gasteiger charge is 2.06. The van der Waals surface area contributed by atoms with Crippen LogP contribution in [0.15, 0.2) is 24.0 Å². The summed E-state index contributed by atoms with van der Waals surface area (Å²) in [5.74, 6) is 5.52. The molecule has 0 aliphatic heterocycles. The maximum Gasteiger partial charge on any atom is 0.246 e. The van der Waals surface area contributed by atoms with Crippen LogP contribution in [0.2, 0.25) is 0 Å². The second-order valence-corrected chi connectivity index (χ2v) is 7.71. The summed E-state index contributed by atoms with van der Waals surface area (Å²) in [4.78, 5) is 23.3. The molecule has 0 saturated heterocycles. The molecular formula is C26H53N5O9. The van der Waals surface area contributed by atoms with E-state index in [2.05, 4.69) is 0 Å². The third-order valence-electron chi connectivity index (χ3n) is 4.43. The minimum atomic E-state index is -0.334. The number of carbonyl (C=O) groups excluding carboxylic acids is 2. The maximum absolute atomic E-state index is 11.7. The van der Waals surface area contributed by atoms with Crippen molar-refractivity contribution in [1.29, 1.82) is 0 Å². The van der Waals surface area contributed by atoms with Crippen LogP contribution < -0.4 is 17.3 Å². The summed E-state index contributed by atoms with van der Waals surface area (Å²) < 4.78 is 37.7. The van der Waals surface area contributed by atoms with Crippen LogP contribution >= 0.6 is 0 Å². The molecule has 0 aromatic carbocycles. The van der Waals surface area contributed by atoms with Crippen LogP contribution in [0.3, 0.4) is 0 Å². The Morgan fingerprint density at radius 1 is 0.700 bits per heavy atom. The molecule has 0 aliphatic rings. The van der Waals surface area contributed by atoms with Gasteiger partial charge in [0.15, 0.2) is 0 Å². The van der Waals surface area contributed by atoms with Crippen LogP contribution in [0.25, 0.3) is 0 Å². The van der Waals surface area contributed by atoms with Gasteiger partial charge in [-0.05, 0) is 6.08 Å². The van der Waals surface area contributed by atoms with Gasteiger partial charge in [0.25, 0.3) is 0 Å². The number of ether oxygens (including phenoxy) is 7. The maximum atomic E-state index is 11.7. The number of amides is 1. The van der Waals surface area contributed by atoms with Crippen LogP contribution in [0, 0.1) is 0 Å². The molecule has 1 amide bonds. The van der Waals surface area contributed by atoms with Crippen molar-refractivity contribution < 1.29 is 42.7 Å². The van der Waals surface area contributed by atoms with Crippen LogP contribution in [0.4, 0.5) is 0 Å². The van der Waals surface area contributed by atoms with Crippen LogP contribution in [-0.2, 0) is 42.7 Å². The zero-order valence-corrected chi connectivity index (χ0v) is 24.6. The lowest BCUT2D eigenvalue weighted by atomic mass is 10.4. The second kappa shape index (κ2) is 33.1. The van der Waals surface area contributed by atoms with Gasteiger partial charge in [-0.2, -0.15) is 0 Å². The number of nitrogens with two attached hydrogens (primary N) is 3. The Hall–Kier alpha value is -2.14. The van der Waals surface area contributed by atoms with Gasteiger partial charge in [-0.15, -0.1) is 0 Å².